The van der Waals surface area contributed by atoms with Crippen LogP contribution in [-0.2, 0) is 13.1 Å². The van der Waals surface area contributed by atoms with E-state index in [-0.39, 0.29) is 30.3 Å². The average molecular weight is 544 g/mol. The van der Waals surface area contributed by atoms with Gasteiger partial charge >= 0.3 is 0 Å². The van der Waals surface area contributed by atoms with Gasteiger partial charge < -0.3 is 15.4 Å². The molecule has 0 aromatic heterocycles. The highest BCUT2D eigenvalue weighted by Gasteiger charge is 2.21. The molecule has 5 rings (SSSR count). The number of piperidine rings is 1. The summed E-state index contributed by atoms with van der Waals surface area (Å²) in [5.74, 6) is 0.558. The number of ether oxygens (including phenoxy) is 1. The highest BCUT2D eigenvalue weighted by Crippen LogP contribution is 2.21. The summed E-state index contributed by atoms with van der Waals surface area (Å²) in [6.07, 6.45) is 1.82. The van der Waals surface area contributed by atoms with E-state index in [0.29, 0.717) is 23.4 Å². The third-order valence-electron chi connectivity index (χ3n) is 7.12. The first-order valence-corrected chi connectivity index (χ1v) is 13.1. The smallest absolute Gasteiger partial charge is 0.251 e. The zero-order chi connectivity index (χ0) is 26.3. The minimum Gasteiger partial charge on any atom is -0.497 e. The van der Waals surface area contributed by atoms with Gasteiger partial charge in [0.25, 0.3) is 11.8 Å². The van der Waals surface area contributed by atoms with Gasteiger partial charge in [-0.25, -0.2) is 0 Å². The van der Waals surface area contributed by atoms with Crippen molar-refractivity contribution in [2.24, 2.45) is 0 Å². The van der Waals surface area contributed by atoms with Crippen molar-refractivity contribution in [3.8, 4) is 5.75 Å². The quantitative estimate of drug-likeness (QED) is 0.304. The number of rotatable bonds is 8. The standard InChI is InChI=1S/C32H33N3O3.ClH/c1-38-30-9-5-8-26(20-30)32(37)34-29-14-16-35(17-15-29)22-24-10-11-25-12-13-27(19-28(25)18-24)31(36)33-21-23-6-3-2-4-7-23;/h2-13,18-20,29H,14-17,21-22H2,1H3,(H,33,36)(H,34,37);1H. The van der Waals surface area contributed by atoms with Crippen LogP contribution in [0.4, 0.5) is 0 Å². The fraction of sp³-hybridized carbons (Fsp3) is 0.250. The number of halogens is 1. The average Bonchev–Trinajstić information content (AvgIpc) is 2.97. The van der Waals surface area contributed by atoms with Gasteiger partial charge in [0.2, 0.25) is 0 Å². The molecule has 1 fully saturated rings. The summed E-state index contributed by atoms with van der Waals surface area (Å²) >= 11 is 0. The van der Waals surface area contributed by atoms with Crippen LogP contribution >= 0.6 is 12.4 Å². The maximum atomic E-state index is 12.7. The molecule has 0 radical (unpaired) electrons. The van der Waals surface area contributed by atoms with Crippen LogP contribution in [0.15, 0.2) is 91.0 Å². The van der Waals surface area contributed by atoms with E-state index in [4.69, 9.17) is 4.74 Å². The van der Waals surface area contributed by atoms with E-state index in [9.17, 15) is 9.59 Å². The number of likely N-dealkylation sites (tertiary alicyclic amines) is 1. The first-order valence-electron chi connectivity index (χ1n) is 13.1. The maximum absolute atomic E-state index is 12.7. The fourth-order valence-electron chi connectivity index (χ4n) is 4.94. The Labute approximate surface area is 235 Å². The van der Waals surface area contributed by atoms with Crippen LogP contribution in [0, 0.1) is 0 Å². The van der Waals surface area contributed by atoms with Crippen LogP contribution in [0.2, 0.25) is 0 Å². The maximum Gasteiger partial charge on any atom is 0.251 e. The molecule has 202 valence electrons. The van der Waals surface area contributed by atoms with Crippen LogP contribution < -0.4 is 15.4 Å². The molecule has 1 heterocycles. The first-order chi connectivity index (χ1) is 18.6. The van der Waals surface area contributed by atoms with Crippen molar-refractivity contribution in [3.63, 3.8) is 0 Å². The molecule has 4 aromatic carbocycles. The topological polar surface area (TPSA) is 70.7 Å². The lowest BCUT2D eigenvalue weighted by Crippen LogP contribution is -2.44. The Hall–Kier alpha value is -3.87. The predicted octanol–water partition coefficient (Wildman–Crippen LogP) is 5.59. The van der Waals surface area contributed by atoms with Crippen molar-refractivity contribution < 1.29 is 14.3 Å². The highest BCUT2D eigenvalue weighted by atomic mass is 35.5. The van der Waals surface area contributed by atoms with Crippen LogP contribution in [0.25, 0.3) is 10.8 Å². The van der Waals surface area contributed by atoms with E-state index < -0.39 is 0 Å². The van der Waals surface area contributed by atoms with Crippen molar-refractivity contribution in [1.29, 1.82) is 0 Å². The molecular weight excluding hydrogens is 510 g/mol. The van der Waals surface area contributed by atoms with Crippen LogP contribution in [0.5, 0.6) is 5.75 Å². The van der Waals surface area contributed by atoms with Gasteiger partial charge in [0, 0.05) is 43.3 Å². The SMILES string of the molecule is COc1cccc(C(=O)NC2CCN(Cc3ccc4ccc(C(=O)NCc5ccccc5)cc4c3)CC2)c1.Cl. The second kappa shape index (κ2) is 13.3. The second-order valence-corrected chi connectivity index (χ2v) is 9.82. The molecule has 0 saturated carbocycles. The number of hydrogen-bond donors (Lipinski definition) is 2. The number of nitrogens with one attached hydrogen (secondary N) is 2. The van der Waals surface area contributed by atoms with E-state index in [0.717, 1.165) is 48.8 Å². The molecule has 0 bridgehead atoms. The molecule has 1 aliphatic heterocycles. The van der Waals surface area contributed by atoms with Crippen molar-refractivity contribution in [1.82, 2.24) is 15.5 Å². The number of carbonyl (C=O) groups excluding carboxylic acids is 2. The molecule has 7 heteroatoms. The second-order valence-electron chi connectivity index (χ2n) is 9.82. The number of nitrogens with zero attached hydrogens (tertiary/aromatic N) is 1. The molecule has 0 spiro atoms. The Bertz CT molecular complexity index is 1420. The number of carbonyl (C=O) groups is 2. The summed E-state index contributed by atoms with van der Waals surface area (Å²) in [6, 6.07) is 29.7. The molecule has 2 amide bonds. The van der Waals surface area contributed by atoms with E-state index in [1.165, 1.54) is 5.56 Å². The third-order valence-corrected chi connectivity index (χ3v) is 7.12. The molecule has 39 heavy (non-hydrogen) atoms. The van der Waals surface area contributed by atoms with Gasteiger partial charge in [-0.15, -0.1) is 12.4 Å². The van der Waals surface area contributed by atoms with Gasteiger partial charge in [-0.1, -0.05) is 54.6 Å². The van der Waals surface area contributed by atoms with Crippen LogP contribution in [0.1, 0.15) is 44.7 Å². The highest BCUT2D eigenvalue weighted by molar-refractivity contribution is 5.98. The predicted molar refractivity (Wildman–Crippen MR) is 158 cm³/mol. The fourth-order valence-corrected chi connectivity index (χ4v) is 4.94. The summed E-state index contributed by atoms with van der Waals surface area (Å²) in [5, 5.41) is 8.37. The first kappa shape index (κ1) is 28.1. The van der Waals surface area contributed by atoms with Crippen molar-refractivity contribution in [2.45, 2.75) is 32.0 Å². The van der Waals surface area contributed by atoms with Gasteiger partial charge in [-0.2, -0.15) is 0 Å². The number of fused-ring (bicyclic) bond motifs is 1. The molecule has 1 aliphatic rings. The third kappa shape index (κ3) is 7.37. The van der Waals surface area contributed by atoms with Gasteiger partial charge in [-0.05, 0) is 71.1 Å². The Morgan fingerprint density at radius 2 is 1.54 bits per heavy atom. The summed E-state index contributed by atoms with van der Waals surface area (Å²) in [6.45, 7) is 3.19. The molecule has 6 nitrogen and oxygen atoms in total. The number of hydrogen-bond acceptors (Lipinski definition) is 4. The Kier molecular flexibility index (Phi) is 9.58. The largest absolute Gasteiger partial charge is 0.497 e. The Balaban J connectivity index is 0.00000353. The van der Waals surface area contributed by atoms with E-state index in [1.807, 2.05) is 66.7 Å². The molecule has 2 N–H and O–H groups in total. The van der Waals surface area contributed by atoms with Gasteiger partial charge in [0.1, 0.15) is 5.75 Å². The molecule has 4 aromatic rings. The molecule has 0 unspecified atom stereocenters. The van der Waals surface area contributed by atoms with Crippen molar-refractivity contribution >= 4 is 35.0 Å². The lowest BCUT2D eigenvalue weighted by molar-refractivity contribution is 0.0907. The van der Waals surface area contributed by atoms with Crippen LogP contribution in [0.3, 0.4) is 0 Å². The normalized spacial score (nSPS) is 13.9. The molecule has 0 atom stereocenters. The number of amides is 2. The van der Waals surface area contributed by atoms with Gasteiger partial charge in [-0.3, -0.25) is 14.5 Å². The summed E-state index contributed by atoms with van der Waals surface area (Å²) in [5.41, 5.74) is 3.58. The summed E-state index contributed by atoms with van der Waals surface area (Å²) < 4.78 is 5.23. The number of methoxy groups -OCH3 is 1. The Morgan fingerprint density at radius 3 is 2.31 bits per heavy atom. The molecule has 1 saturated heterocycles. The van der Waals surface area contributed by atoms with E-state index in [2.05, 4.69) is 33.7 Å². The van der Waals surface area contributed by atoms with E-state index in [1.54, 1.807) is 13.2 Å². The Morgan fingerprint density at radius 1 is 0.795 bits per heavy atom. The van der Waals surface area contributed by atoms with Crippen molar-refractivity contribution in [2.75, 3.05) is 20.2 Å². The van der Waals surface area contributed by atoms with Gasteiger partial charge in [0.05, 0.1) is 7.11 Å². The minimum atomic E-state index is -0.0702. The zero-order valence-electron chi connectivity index (χ0n) is 22.1. The van der Waals surface area contributed by atoms with Gasteiger partial charge in [0.15, 0.2) is 0 Å². The van der Waals surface area contributed by atoms with E-state index >= 15 is 0 Å². The molecular formula is C32H34ClN3O3. The zero-order valence-corrected chi connectivity index (χ0v) is 22.9. The summed E-state index contributed by atoms with van der Waals surface area (Å²) in [7, 11) is 1.60. The molecule has 0 aliphatic carbocycles. The van der Waals surface area contributed by atoms with Crippen molar-refractivity contribution in [3.05, 3.63) is 113 Å². The number of benzene rings is 4. The lowest BCUT2D eigenvalue weighted by atomic mass is 10.0. The lowest BCUT2D eigenvalue weighted by Gasteiger charge is -2.32. The summed E-state index contributed by atoms with van der Waals surface area (Å²) in [4.78, 5) is 27.8. The van der Waals surface area contributed by atoms with Crippen LogP contribution in [-0.4, -0.2) is 43.0 Å². The minimum absolute atomic E-state index is 0. The monoisotopic (exact) mass is 543 g/mol.